The summed E-state index contributed by atoms with van der Waals surface area (Å²) >= 11 is 0. The van der Waals surface area contributed by atoms with Crippen molar-refractivity contribution in [2.45, 2.75) is 38.5 Å². The molecule has 1 aromatic rings. The molecule has 0 spiro atoms. The predicted octanol–water partition coefficient (Wildman–Crippen LogP) is 2.74. The second-order valence-corrected chi connectivity index (χ2v) is 5.92. The van der Waals surface area contributed by atoms with E-state index in [1.54, 1.807) is 0 Å². The fourth-order valence-corrected chi connectivity index (χ4v) is 3.07. The lowest BCUT2D eigenvalue weighted by Gasteiger charge is -2.31. The summed E-state index contributed by atoms with van der Waals surface area (Å²) in [5.74, 6) is 0.874. The highest BCUT2D eigenvalue weighted by atomic mass is 16.5. The zero-order chi connectivity index (χ0) is 15.8. The molecule has 122 valence electrons. The largest absolute Gasteiger partial charge is 0.508 e. The molecule has 4 nitrogen and oxygen atoms in total. The lowest BCUT2D eigenvalue weighted by molar-refractivity contribution is -0.108. The van der Waals surface area contributed by atoms with Crippen molar-refractivity contribution in [1.29, 1.82) is 0 Å². The fourth-order valence-electron chi connectivity index (χ4n) is 3.07. The molecule has 2 rings (SSSR count). The van der Waals surface area contributed by atoms with Crippen molar-refractivity contribution in [3.8, 4) is 5.75 Å². The standard InChI is InChI=1S/C18H27NO3/c1-2-19-9-6-16(7-10-19)17-14-15(4-5-18(17)21)8-13-22-12-3-11-20/h4-5,11,14,16,21H,2-3,6-10,12-13H2,1H3. The third-order valence-electron chi connectivity index (χ3n) is 4.48. The summed E-state index contributed by atoms with van der Waals surface area (Å²) in [4.78, 5) is 12.7. The monoisotopic (exact) mass is 305 g/mol. The van der Waals surface area contributed by atoms with Crippen molar-refractivity contribution in [3.05, 3.63) is 29.3 Å². The van der Waals surface area contributed by atoms with Crippen molar-refractivity contribution in [1.82, 2.24) is 4.90 Å². The topological polar surface area (TPSA) is 49.8 Å². The molecular formula is C18H27NO3. The maximum atomic E-state index is 10.2. The Morgan fingerprint density at radius 2 is 2.09 bits per heavy atom. The van der Waals surface area contributed by atoms with Crippen LogP contribution in [0.1, 0.15) is 43.2 Å². The first kappa shape index (κ1) is 17.0. The van der Waals surface area contributed by atoms with E-state index in [2.05, 4.69) is 17.9 Å². The first-order valence-corrected chi connectivity index (χ1v) is 8.30. The number of nitrogens with zero attached hydrogens (tertiary/aromatic N) is 1. The zero-order valence-electron chi connectivity index (χ0n) is 13.5. The van der Waals surface area contributed by atoms with Gasteiger partial charge in [-0.15, -0.1) is 0 Å². The molecule has 0 atom stereocenters. The molecule has 1 aliphatic heterocycles. The molecular weight excluding hydrogens is 278 g/mol. The van der Waals surface area contributed by atoms with E-state index in [1.165, 1.54) is 5.56 Å². The second kappa shape index (κ2) is 8.91. The van der Waals surface area contributed by atoms with Crippen molar-refractivity contribution >= 4 is 6.29 Å². The number of hydrogen-bond acceptors (Lipinski definition) is 4. The minimum Gasteiger partial charge on any atom is -0.508 e. The van der Waals surface area contributed by atoms with Crippen LogP contribution in [0.15, 0.2) is 18.2 Å². The number of likely N-dealkylation sites (tertiary alicyclic amines) is 1. The van der Waals surface area contributed by atoms with Gasteiger partial charge in [-0.25, -0.2) is 0 Å². The number of hydrogen-bond donors (Lipinski definition) is 1. The highest BCUT2D eigenvalue weighted by molar-refractivity contribution is 5.49. The molecule has 0 radical (unpaired) electrons. The molecule has 1 aromatic carbocycles. The van der Waals surface area contributed by atoms with Crippen LogP contribution in [0.25, 0.3) is 0 Å². The van der Waals surface area contributed by atoms with Crippen LogP contribution in [-0.4, -0.2) is 49.1 Å². The molecule has 22 heavy (non-hydrogen) atoms. The number of aromatic hydroxyl groups is 1. The maximum absolute atomic E-state index is 10.2. The quantitative estimate of drug-likeness (QED) is 0.593. The molecule has 0 unspecified atom stereocenters. The number of benzene rings is 1. The zero-order valence-corrected chi connectivity index (χ0v) is 13.5. The SMILES string of the molecule is CCN1CCC(c2cc(CCOCCC=O)ccc2O)CC1. The van der Waals surface area contributed by atoms with Crippen LogP contribution < -0.4 is 0 Å². The summed E-state index contributed by atoms with van der Waals surface area (Å²) in [5.41, 5.74) is 2.28. The Balaban J connectivity index is 1.91. The van der Waals surface area contributed by atoms with Crippen LogP contribution in [0, 0.1) is 0 Å². The minimum atomic E-state index is 0.417. The lowest BCUT2D eigenvalue weighted by Crippen LogP contribution is -2.32. The molecule has 0 aromatic heterocycles. The van der Waals surface area contributed by atoms with Gasteiger partial charge < -0.3 is 19.5 Å². The summed E-state index contributed by atoms with van der Waals surface area (Å²) < 4.78 is 5.42. The number of rotatable bonds is 8. The van der Waals surface area contributed by atoms with Gasteiger partial charge in [-0.05, 0) is 62.0 Å². The lowest BCUT2D eigenvalue weighted by atomic mass is 9.87. The number of aldehydes is 1. The third-order valence-corrected chi connectivity index (χ3v) is 4.48. The Bertz CT molecular complexity index is 467. The van der Waals surface area contributed by atoms with E-state index in [-0.39, 0.29) is 0 Å². The van der Waals surface area contributed by atoms with Crippen molar-refractivity contribution in [2.75, 3.05) is 32.8 Å². The first-order valence-electron chi connectivity index (χ1n) is 8.30. The summed E-state index contributed by atoms with van der Waals surface area (Å²) in [7, 11) is 0. The summed E-state index contributed by atoms with van der Waals surface area (Å²) in [6.07, 6.45) is 4.37. The smallest absolute Gasteiger partial charge is 0.122 e. The molecule has 1 N–H and O–H groups in total. The molecule has 0 bridgehead atoms. The molecule has 4 heteroatoms. The number of carbonyl (C=O) groups is 1. The molecule has 0 saturated carbocycles. The van der Waals surface area contributed by atoms with Crippen LogP contribution in [-0.2, 0) is 16.0 Å². The number of carbonyl (C=O) groups excluding carboxylic acids is 1. The molecule has 1 heterocycles. The predicted molar refractivity (Wildman–Crippen MR) is 87.4 cm³/mol. The van der Waals surface area contributed by atoms with Crippen molar-refractivity contribution in [2.24, 2.45) is 0 Å². The van der Waals surface area contributed by atoms with Gasteiger partial charge in [0.05, 0.1) is 13.2 Å². The van der Waals surface area contributed by atoms with Gasteiger partial charge in [0, 0.05) is 6.42 Å². The Morgan fingerprint density at radius 3 is 2.77 bits per heavy atom. The number of phenolic OH excluding ortho intramolecular Hbond substituents is 1. The Morgan fingerprint density at radius 1 is 1.32 bits per heavy atom. The highest BCUT2D eigenvalue weighted by Gasteiger charge is 2.22. The van der Waals surface area contributed by atoms with E-state index in [9.17, 15) is 9.90 Å². The van der Waals surface area contributed by atoms with Crippen LogP contribution in [0.4, 0.5) is 0 Å². The average molecular weight is 305 g/mol. The second-order valence-electron chi connectivity index (χ2n) is 5.92. The van der Waals surface area contributed by atoms with Gasteiger partial charge in [-0.3, -0.25) is 0 Å². The van der Waals surface area contributed by atoms with E-state index in [0.29, 0.717) is 31.3 Å². The highest BCUT2D eigenvalue weighted by Crippen LogP contribution is 2.34. The van der Waals surface area contributed by atoms with Crippen LogP contribution in [0.2, 0.25) is 0 Å². The van der Waals surface area contributed by atoms with Crippen molar-refractivity contribution in [3.63, 3.8) is 0 Å². The Hall–Kier alpha value is -1.39. The van der Waals surface area contributed by atoms with Gasteiger partial charge in [0.15, 0.2) is 0 Å². The van der Waals surface area contributed by atoms with Gasteiger partial charge >= 0.3 is 0 Å². The van der Waals surface area contributed by atoms with Gasteiger partial charge in [0.2, 0.25) is 0 Å². The summed E-state index contributed by atoms with van der Waals surface area (Å²) in [5, 5.41) is 10.2. The van der Waals surface area contributed by atoms with E-state index in [0.717, 1.165) is 50.7 Å². The van der Waals surface area contributed by atoms with Crippen LogP contribution >= 0.6 is 0 Å². The molecule has 1 aliphatic rings. The molecule has 0 aliphatic carbocycles. The van der Waals surface area contributed by atoms with Crippen molar-refractivity contribution < 1.29 is 14.6 Å². The summed E-state index contributed by atoms with van der Waals surface area (Å²) in [6, 6.07) is 5.90. The molecule has 0 amide bonds. The van der Waals surface area contributed by atoms with E-state index in [1.807, 2.05) is 12.1 Å². The number of piperidine rings is 1. The van der Waals surface area contributed by atoms with E-state index >= 15 is 0 Å². The van der Waals surface area contributed by atoms with E-state index < -0.39 is 0 Å². The molecule has 1 fully saturated rings. The van der Waals surface area contributed by atoms with Crippen LogP contribution in [0.5, 0.6) is 5.75 Å². The molecule has 1 saturated heterocycles. The summed E-state index contributed by atoms with van der Waals surface area (Å²) in [6.45, 7) is 6.63. The third kappa shape index (κ3) is 4.82. The normalized spacial score (nSPS) is 16.8. The van der Waals surface area contributed by atoms with Gasteiger partial charge in [-0.2, -0.15) is 0 Å². The Labute approximate surface area is 133 Å². The first-order chi connectivity index (χ1) is 10.7. The Kier molecular flexibility index (Phi) is 6.87. The number of phenols is 1. The van der Waals surface area contributed by atoms with Crippen LogP contribution in [0.3, 0.4) is 0 Å². The number of ether oxygens (including phenoxy) is 1. The fraction of sp³-hybridized carbons (Fsp3) is 0.611. The minimum absolute atomic E-state index is 0.417. The van der Waals surface area contributed by atoms with Gasteiger partial charge in [0.25, 0.3) is 0 Å². The average Bonchev–Trinajstić information content (AvgIpc) is 2.56. The van der Waals surface area contributed by atoms with E-state index in [4.69, 9.17) is 4.74 Å². The van der Waals surface area contributed by atoms with Gasteiger partial charge in [0.1, 0.15) is 12.0 Å². The maximum Gasteiger partial charge on any atom is 0.122 e. The van der Waals surface area contributed by atoms with Gasteiger partial charge in [-0.1, -0.05) is 19.1 Å².